The van der Waals surface area contributed by atoms with E-state index in [9.17, 15) is 29.4 Å². The highest BCUT2D eigenvalue weighted by atomic mass is 32.1. The number of ether oxygens (including phenoxy) is 1. The zero-order valence-electron chi connectivity index (χ0n) is 34.7. The molecule has 0 unspecified atom stereocenters. The second kappa shape index (κ2) is 19.4. The Bertz CT molecular complexity index is 2040. The third-order valence-corrected chi connectivity index (χ3v) is 11.4. The average molecular weight is 854 g/mol. The number of aliphatic hydroxyl groups excluding tert-OH is 1. The topological polar surface area (TPSA) is 216 Å². The fourth-order valence-electron chi connectivity index (χ4n) is 6.89. The number of hydrogen-bond donors (Lipinski definition) is 5. The van der Waals surface area contributed by atoms with E-state index in [0.29, 0.717) is 48.4 Å². The third kappa shape index (κ3) is 12.3. The molecule has 0 spiro atoms. The predicted octanol–water partition coefficient (Wildman–Crippen LogP) is 4.67. The maximum absolute atomic E-state index is 14.5. The number of hydrogen-bond acceptors (Lipinski definition) is 13. The number of carboxylic acid groups (broad SMARTS) is 1. The summed E-state index contributed by atoms with van der Waals surface area (Å²) in [6.07, 6.45) is -2.43. The molecular formula is C40H55N9O8S2. The molecule has 1 aromatic carbocycles. The Kier molecular flexibility index (Phi) is 14.9. The number of methoxy groups -OCH3 is 1. The molecule has 19 heteroatoms. The minimum absolute atomic E-state index is 0.0146. The molecule has 1 aliphatic heterocycles. The molecule has 4 heterocycles. The quantitative estimate of drug-likeness (QED) is 0.0865. The second-order valence-corrected chi connectivity index (χ2v) is 18.6. The number of hydrazine groups is 1. The van der Waals surface area contributed by atoms with Gasteiger partial charge in [-0.25, -0.2) is 24.6 Å². The zero-order valence-corrected chi connectivity index (χ0v) is 36.4. The van der Waals surface area contributed by atoms with Crippen LogP contribution in [0.3, 0.4) is 0 Å². The third-order valence-electron chi connectivity index (χ3n) is 9.64. The van der Waals surface area contributed by atoms with Crippen molar-refractivity contribution in [2.75, 3.05) is 26.7 Å². The zero-order chi connectivity index (χ0) is 43.1. The number of carbonyl (C=O) groups is 4. The van der Waals surface area contributed by atoms with Crippen LogP contribution in [0.5, 0.6) is 0 Å². The van der Waals surface area contributed by atoms with Crippen LogP contribution >= 0.6 is 22.7 Å². The van der Waals surface area contributed by atoms with Crippen molar-refractivity contribution in [1.29, 1.82) is 0 Å². The summed E-state index contributed by atoms with van der Waals surface area (Å²) in [4.78, 5) is 66.5. The number of amides is 5. The molecule has 17 nitrogen and oxygen atoms in total. The number of carbonyl (C=O) groups excluding carboxylic acids is 3. The summed E-state index contributed by atoms with van der Waals surface area (Å²) in [7, 11) is 1.60. The average Bonchev–Trinajstić information content (AvgIpc) is 3.97. The first kappa shape index (κ1) is 45.1. The summed E-state index contributed by atoms with van der Waals surface area (Å²) in [5.74, 6) is -0.465. The van der Waals surface area contributed by atoms with Crippen LogP contribution < -0.4 is 16.1 Å². The molecule has 1 fully saturated rings. The van der Waals surface area contributed by atoms with Crippen molar-refractivity contribution in [3.8, 4) is 10.7 Å². The maximum Gasteiger partial charge on any atom is 0.405 e. The standard InChI is InChI=1S/C40H55N9O8S2/c1-24-16-29(46-57-24)36-42-27(23-59-36)19-48(45-34(51)32(39(2,3)4)44-37(53)54)20-30(50)28(17-25-12-10-9-11-13-25)43-35(52)33(40(5,6)7)49-15-14-47(38(49)55)18-26-22-58-31(41-26)21-56-8/h9-13,16,22-23,28,30,32-33,44,50H,14-15,17-21H2,1-8H3,(H,43,52)(H,45,51)(H,53,54)/t28-,30-,32+,33+/m0/s1. The summed E-state index contributed by atoms with van der Waals surface area (Å²) in [5, 5.41) is 37.7. The molecule has 5 rings (SSSR count). The van der Waals surface area contributed by atoms with Crippen molar-refractivity contribution in [2.45, 2.75) is 98.8 Å². The van der Waals surface area contributed by atoms with E-state index in [1.165, 1.54) is 27.7 Å². The van der Waals surface area contributed by atoms with Gasteiger partial charge >= 0.3 is 12.1 Å². The SMILES string of the molecule is COCc1nc(CN2CCN([C@H](C(=O)N[C@@H](Cc3ccccc3)[C@@H](O)CN(Cc3csc(-c4cc(C)on4)n3)NC(=O)[C@@H](NC(=O)O)C(C)(C)C)C(C)(C)C)C2=O)cs1. The number of aliphatic hydroxyl groups is 1. The number of benzene rings is 1. The molecule has 4 atom stereocenters. The van der Waals surface area contributed by atoms with Crippen LogP contribution in [0, 0.1) is 17.8 Å². The Labute approximate surface area is 352 Å². The van der Waals surface area contributed by atoms with Gasteiger partial charge < -0.3 is 39.9 Å². The molecule has 5 N–H and O–H groups in total. The Balaban J connectivity index is 1.40. The van der Waals surface area contributed by atoms with Gasteiger partial charge in [-0.1, -0.05) is 77.0 Å². The normalized spacial score (nSPS) is 15.6. The fourth-order valence-corrected chi connectivity index (χ4v) is 8.41. The van der Waals surface area contributed by atoms with Crippen LogP contribution in [0.25, 0.3) is 10.7 Å². The van der Waals surface area contributed by atoms with Crippen LogP contribution in [0.15, 0.2) is 51.7 Å². The van der Waals surface area contributed by atoms with Gasteiger partial charge in [0.1, 0.15) is 33.6 Å². The molecule has 0 bridgehead atoms. The van der Waals surface area contributed by atoms with Gasteiger partial charge in [0.15, 0.2) is 0 Å². The highest BCUT2D eigenvalue weighted by Crippen LogP contribution is 2.30. The molecule has 4 aromatic rings. The van der Waals surface area contributed by atoms with Gasteiger partial charge in [0, 0.05) is 43.6 Å². The summed E-state index contributed by atoms with van der Waals surface area (Å²) >= 11 is 2.79. The number of urea groups is 1. The smallest absolute Gasteiger partial charge is 0.405 e. The van der Waals surface area contributed by atoms with E-state index >= 15 is 0 Å². The van der Waals surface area contributed by atoms with Crippen molar-refractivity contribution >= 4 is 46.6 Å². The van der Waals surface area contributed by atoms with Crippen LogP contribution in [-0.4, -0.2) is 115 Å². The lowest BCUT2D eigenvalue weighted by Gasteiger charge is -2.38. The number of thiazole rings is 2. The Morgan fingerprint density at radius 1 is 0.983 bits per heavy atom. The molecule has 0 saturated carbocycles. The molecule has 0 aliphatic carbocycles. The van der Waals surface area contributed by atoms with Crippen LogP contribution in [-0.2, 0) is 40.4 Å². The number of aromatic nitrogens is 3. The van der Waals surface area contributed by atoms with E-state index in [-0.39, 0.29) is 25.5 Å². The summed E-state index contributed by atoms with van der Waals surface area (Å²) in [6.45, 7) is 13.9. The fraction of sp³-hybridized carbons (Fsp3) is 0.525. The predicted molar refractivity (Wildman–Crippen MR) is 222 cm³/mol. The van der Waals surface area contributed by atoms with Gasteiger partial charge in [0.05, 0.1) is 43.2 Å². The van der Waals surface area contributed by atoms with Crippen LogP contribution in [0.1, 0.15) is 69.3 Å². The lowest BCUT2D eigenvalue weighted by Crippen LogP contribution is -2.61. The molecule has 1 aliphatic rings. The van der Waals surface area contributed by atoms with Gasteiger partial charge in [-0.3, -0.25) is 15.0 Å². The molecule has 1 saturated heterocycles. The van der Waals surface area contributed by atoms with Crippen molar-refractivity contribution < 1.29 is 38.7 Å². The Morgan fingerprint density at radius 2 is 1.69 bits per heavy atom. The number of nitrogens with one attached hydrogen (secondary N) is 3. The first-order valence-corrected chi connectivity index (χ1v) is 21.0. The van der Waals surface area contributed by atoms with Crippen molar-refractivity contribution in [3.63, 3.8) is 0 Å². The molecule has 320 valence electrons. The summed E-state index contributed by atoms with van der Waals surface area (Å²) < 4.78 is 10.4. The van der Waals surface area contributed by atoms with E-state index in [4.69, 9.17) is 9.26 Å². The van der Waals surface area contributed by atoms with E-state index < -0.39 is 53.0 Å². The summed E-state index contributed by atoms with van der Waals surface area (Å²) in [5.41, 5.74) is 3.97. The van der Waals surface area contributed by atoms with E-state index in [1.807, 2.05) is 56.5 Å². The van der Waals surface area contributed by atoms with E-state index in [1.54, 1.807) is 56.1 Å². The molecule has 5 amide bonds. The van der Waals surface area contributed by atoms with Gasteiger partial charge in [-0.15, -0.1) is 22.7 Å². The minimum Gasteiger partial charge on any atom is -0.465 e. The summed E-state index contributed by atoms with van der Waals surface area (Å²) in [6, 6.07) is 7.89. The molecule has 59 heavy (non-hydrogen) atoms. The van der Waals surface area contributed by atoms with Crippen molar-refractivity contribution in [3.05, 3.63) is 74.9 Å². The molecular weight excluding hydrogens is 799 g/mol. The molecule has 0 radical (unpaired) electrons. The van der Waals surface area contributed by atoms with Gasteiger partial charge in [0.2, 0.25) is 5.91 Å². The highest BCUT2D eigenvalue weighted by Gasteiger charge is 2.44. The monoisotopic (exact) mass is 853 g/mol. The Hall–Kier alpha value is -4.95. The van der Waals surface area contributed by atoms with Crippen molar-refractivity contribution in [2.24, 2.45) is 10.8 Å². The lowest BCUT2D eigenvalue weighted by atomic mass is 9.84. The van der Waals surface area contributed by atoms with E-state index in [0.717, 1.165) is 16.3 Å². The van der Waals surface area contributed by atoms with Crippen molar-refractivity contribution in [1.82, 2.24) is 46.0 Å². The van der Waals surface area contributed by atoms with Crippen LogP contribution in [0.4, 0.5) is 9.59 Å². The number of nitrogens with zero attached hydrogens (tertiary/aromatic N) is 6. The number of rotatable bonds is 18. The highest BCUT2D eigenvalue weighted by molar-refractivity contribution is 7.13. The lowest BCUT2D eigenvalue weighted by molar-refractivity contribution is -0.133. The maximum atomic E-state index is 14.5. The van der Waals surface area contributed by atoms with Gasteiger partial charge in [-0.2, -0.15) is 0 Å². The largest absolute Gasteiger partial charge is 0.465 e. The van der Waals surface area contributed by atoms with Crippen LogP contribution in [0.2, 0.25) is 0 Å². The first-order valence-electron chi connectivity index (χ1n) is 19.3. The minimum atomic E-state index is -1.36. The first-order chi connectivity index (χ1) is 27.8. The second-order valence-electron chi connectivity index (χ2n) is 16.8. The number of aryl methyl sites for hydroxylation is 1. The van der Waals surface area contributed by atoms with Gasteiger partial charge in [0.25, 0.3) is 5.91 Å². The molecule has 3 aromatic heterocycles. The van der Waals surface area contributed by atoms with Gasteiger partial charge in [-0.05, 0) is 29.7 Å². The Morgan fingerprint density at radius 3 is 2.32 bits per heavy atom. The van der Waals surface area contributed by atoms with E-state index in [2.05, 4.69) is 31.2 Å².